The first-order valence-corrected chi connectivity index (χ1v) is 10.3. The summed E-state index contributed by atoms with van der Waals surface area (Å²) in [5.41, 5.74) is 5.64. The van der Waals surface area contributed by atoms with Crippen LogP contribution in [0.1, 0.15) is 18.4 Å². The lowest BCUT2D eigenvalue weighted by Gasteiger charge is -2.15. The molecule has 2 N–H and O–H groups in total. The number of oxime groups is 1. The number of carbonyl (C=O) groups is 1. The highest BCUT2D eigenvalue weighted by Crippen LogP contribution is 2.25. The van der Waals surface area contributed by atoms with E-state index >= 15 is 0 Å². The van der Waals surface area contributed by atoms with Crippen molar-refractivity contribution in [1.29, 1.82) is 0 Å². The number of thiophene rings is 1. The molecule has 2 heterocycles. The van der Waals surface area contributed by atoms with E-state index in [2.05, 4.69) is 16.6 Å². The smallest absolute Gasteiger partial charge is 0.259 e. The number of amides is 1. The summed E-state index contributed by atoms with van der Waals surface area (Å²) in [4.78, 5) is 17.0. The second-order valence-corrected chi connectivity index (χ2v) is 8.10. The maximum atomic E-state index is 11.7. The van der Waals surface area contributed by atoms with Crippen LogP contribution >= 0.6 is 11.3 Å². The summed E-state index contributed by atoms with van der Waals surface area (Å²) >= 11 is 1.66. The molecule has 132 valence electrons. The molecule has 1 aromatic heterocycles. The summed E-state index contributed by atoms with van der Waals surface area (Å²) in [7, 11) is -1.41. The van der Waals surface area contributed by atoms with Gasteiger partial charge in [0.2, 0.25) is 0 Å². The molecular weight excluding hydrogens is 360 g/mol. The van der Waals surface area contributed by atoms with E-state index in [-0.39, 0.29) is 12.5 Å². The first-order valence-electron chi connectivity index (χ1n) is 7.70. The molecule has 3 rings (SSSR count). The van der Waals surface area contributed by atoms with Crippen LogP contribution in [0.25, 0.3) is 11.1 Å². The second-order valence-electron chi connectivity index (χ2n) is 5.76. The Morgan fingerprint density at radius 3 is 2.68 bits per heavy atom. The summed E-state index contributed by atoms with van der Waals surface area (Å²) in [6, 6.07) is 10.1. The van der Waals surface area contributed by atoms with Crippen LogP contribution < -0.4 is 5.48 Å². The minimum Gasteiger partial charge on any atom is -0.392 e. The third-order valence-electron chi connectivity index (χ3n) is 4.09. The number of nitrogens with one attached hydrogen (secondary N) is 1. The average Bonchev–Trinajstić information content (AvgIpc) is 3.31. The highest BCUT2D eigenvalue weighted by molar-refractivity contribution is 7.85. The van der Waals surface area contributed by atoms with Crippen LogP contribution in [0.15, 0.2) is 46.2 Å². The van der Waals surface area contributed by atoms with Gasteiger partial charge in [0.1, 0.15) is 11.4 Å². The van der Waals surface area contributed by atoms with Crippen molar-refractivity contribution in [2.75, 3.05) is 6.26 Å². The molecular formula is C17H18N2O4S2. The SMILES string of the molecule is CS(=O)C(CC1CC(c2ccc(-c3ccsc3)cc2)=NO1)C(=O)NO. The topological polar surface area (TPSA) is 88.0 Å². The molecule has 25 heavy (non-hydrogen) atoms. The summed E-state index contributed by atoms with van der Waals surface area (Å²) in [5.74, 6) is -0.669. The molecule has 3 unspecified atom stereocenters. The monoisotopic (exact) mass is 378 g/mol. The lowest BCUT2D eigenvalue weighted by atomic mass is 10.00. The molecule has 1 aliphatic rings. The van der Waals surface area contributed by atoms with Crippen LogP contribution in [-0.4, -0.2) is 38.6 Å². The predicted octanol–water partition coefficient (Wildman–Crippen LogP) is 2.55. The van der Waals surface area contributed by atoms with E-state index in [1.165, 1.54) is 11.8 Å². The van der Waals surface area contributed by atoms with E-state index in [9.17, 15) is 9.00 Å². The van der Waals surface area contributed by atoms with Gasteiger partial charge in [0.15, 0.2) is 0 Å². The van der Waals surface area contributed by atoms with Crippen molar-refractivity contribution in [3.05, 3.63) is 46.7 Å². The van der Waals surface area contributed by atoms with Gasteiger partial charge >= 0.3 is 0 Å². The molecule has 6 nitrogen and oxygen atoms in total. The molecule has 1 aliphatic heterocycles. The molecule has 0 bridgehead atoms. The summed E-state index contributed by atoms with van der Waals surface area (Å²) in [6.07, 6.45) is 1.86. The first-order chi connectivity index (χ1) is 12.1. The van der Waals surface area contributed by atoms with Gasteiger partial charge in [0.25, 0.3) is 5.91 Å². The molecule has 0 saturated heterocycles. The van der Waals surface area contributed by atoms with Crippen molar-refractivity contribution >= 4 is 33.8 Å². The summed E-state index contributed by atoms with van der Waals surface area (Å²) < 4.78 is 11.7. The van der Waals surface area contributed by atoms with Crippen molar-refractivity contribution in [2.24, 2.45) is 5.16 Å². The molecule has 1 amide bonds. The van der Waals surface area contributed by atoms with E-state index in [4.69, 9.17) is 10.0 Å². The molecule has 8 heteroatoms. The van der Waals surface area contributed by atoms with Gasteiger partial charge in [-0.15, -0.1) is 0 Å². The first kappa shape index (κ1) is 17.8. The summed E-state index contributed by atoms with van der Waals surface area (Å²) in [6.45, 7) is 0. The van der Waals surface area contributed by atoms with Gasteiger partial charge in [-0.1, -0.05) is 29.4 Å². The Hall–Kier alpha value is -2.03. The fraction of sp³-hybridized carbons (Fsp3) is 0.294. The number of rotatable bonds is 6. The van der Waals surface area contributed by atoms with Gasteiger partial charge in [-0.3, -0.25) is 14.2 Å². The van der Waals surface area contributed by atoms with Crippen LogP contribution in [-0.2, 0) is 20.4 Å². The van der Waals surface area contributed by atoms with Crippen molar-refractivity contribution in [3.63, 3.8) is 0 Å². The van der Waals surface area contributed by atoms with Crippen LogP contribution in [0, 0.1) is 0 Å². The van der Waals surface area contributed by atoms with E-state index < -0.39 is 22.0 Å². The Balaban J connectivity index is 1.64. The zero-order valence-electron chi connectivity index (χ0n) is 13.5. The van der Waals surface area contributed by atoms with E-state index in [1.807, 2.05) is 29.6 Å². The van der Waals surface area contributed by atoms with Crippen molar-refractivity contribution in [1.82, 2.24) is 5.48 Å². The fourth-order valence-corrected chi connectivity index (χ4v) is 4.22. The normalized spacial score (nSPS) is 19.0. The maximum Gasteiger partial charge on any atom is 0.259 e. The Bertz CT molecular complexity index is 787. The van der Waals surface area contributed by atoms with E-state index in [1.54, 1.807) is 16.8 Å². The quantitative estimate of drug-likeness (QED) is 0.597. The number of hydrogen-bond acceptors (Lipinski definition) is 6. The Morgan fingerprint density at radius 1 is 1.36 bits per heavy atom. The van der Waals surface area contributed by atoms with Gasteiger partial charge in [-0.05, 0) is 33.5 Å². The maximum absolute atomic E-state index is 11.7. The zero-order valence-corrected chi connectivity index (χ0v) is 15.2. The van der Waals surface area contributed by atoms with E-state index in [0.29, 0.717) is 6.42 Å². The average molecular weight is 378 g/mol. The lowest BCUT2D eigenvalue weighted by Crippen LogP contribution is -2.37. The van der Waals surface area contributed by atoms with Crippen LogP contribution in [0.2, 0.25) is 0 Å². The molecule has 1 aromatic carbocycles. The Morgan fingerprint density at radius 2 is 2.08 bits per heavy atom. The van der Waals surface area contributed by atoms with Crippen molar-refractivity contribution in [3.8, 4) is 11.1 Å². The van der Waals surface area contributed by atoms with Gasteiger partial charge in [0.05, 0.1) is 5.71 Å². The second kappa shape index (κ2) is 7.90. The lowest BCUT2D eigenvalue weighted by molar-refractivity contribution is -0.129. The van der Waals surface area contributed by atoms with Crippen molar-refractivity contribution in [2.45, 2.75) is 24.2 Å². The number of nitrogens with zero attached hydrogens (tertiary/aromatic N) is 1. The van der Waals surface area contributed by atoms with Crippen LogP contribution in [0.5, 0.6) is 0 Å². The number of hydrogen-bond donors (Lipinski definition) is 2. The van der Waals surface area contributed by atoms with Gasteiger partial charge < -0.3 is 4.84 Å². The third kappa shape index (κ3) is 4.15. The minimum atomic E-state index is -1.41. The highest BCUT2D eigenvalue weighted by atomic mass is 32.2. The molecule has 0 saturated carbocycles. The molecule has 0 radical (unpaired) electrons. The largest absolute Gasteiger partial charge is 0.392 e. The molecule has 0 fully saturated rings. The zero-order chi connectivity index (χ0) is 17.8. The predicted molar refractivity (Wildman–Crippen MR) is 98.2 cm³/mol. The molecule has 3 atom stereocenters. The van der Waals surface area contributed by atoms with Gasteiger partial charge in [-0.2, -0.15) is 11.3 Å². The molecule has 2 aromatic rings. The van der Waals surface area contributed by atoms with Gasteiger partial charge in [-0.25, -0.2) is 5.48 Å². The van der Waals surface area contributed by atoms with Crippen LogP contribution in [0.4, 0.5) is 0 Å². The minimum absolute atomic E-state index is 0.232. The Labute approximate surface area is 151 Å². The van der Waals surface area contributed by atoms with Crippen LogP contribution in [0.3, 0.4) is 0 Å². The third-order valence-corrected chi connectivity index (χ3v) is 5.98. The Kier molecular flexibility index (Phi) is 5.62. The molecule has 0 spiro atoms. The molecule has 0 aliphatic carbocycles. The van der Waals surface area contributed by atoms with E-state index in [0.717, 1.165) is 16.8 Å². The fourth-order valence-electron chi connectivity index (χ4n) is 2.71. The number of carbonyl (C=O) groups excluding carboxylic acids is 1. The van der Waals surface area contributed by atoms with Crippen molar-refractivity contribution < 1.29 is 19.0 Å². The number of hydroxylamine groups is 1. The van der Waals surface area contributed by atoms with Gasteiger partial charge in [0, 0.05) is 29.9 Å². The standard InChI is InChI=1S/C17H18N2O4S2/c1-25(22)16(17(20)18-21)9-14-8-15(19-23-14)12-4-2-11(3-5-12)13-6-7-24-10-13/h2-7,10,14,16,21H,8-9H2,1H3,(H,18,20). The summed E-state index contributed by atoms with van der Waals surface area (Å²) in [5, 5.41) is 16.2. The number of benzene rings is 1. The highest BCUT2D eigenvalue weighted by Gasteiger charge is 2.31.